The number of aryl methyl sites for hydroxylation is 1. The molecule has 3 rings (SSSR count). The predicted molar refractivity (Wildman–Crippen MR) is 92.6 cm³/mol. The standard InChI is InChI=1S/C19H17N3O/c1-13-6-5-8-16(10-13)19(23)22-21-14(2)17-11-15-7-3-4-9-18(15)20-12-17/h3-12H,1-2H3,(H,22,23)/b21-14+. The number of nitrogens with one attached hydrogen (secondary N) is 1. The van der Waals surface area contributed by atoms with Gasteiger partial charge in [0.05, 0.1) is 11.2 Å². The van der Waals surface area contributed by atoms with E-state index in [1.807, 2.05) is 62.4 Å². The van der Waals surface area contributed by atoms with Gasteiger partial charge in [0.15, 0.2) is 0 Å². The molecule has 1 aromatic heterocycles. The summed E-state index contributed by atoms with van der Waals surface area (Å²) in [5.41, 5.74) is 6.76. The molecule has 0 spiro atoms. The Labute approximate surface area is 134 Å². The van der Waals surface area contributed by atoms with Crippen LogP contribution < -0.4 is 5.43 Å². The van der Waals surface area contributed by atoms with Gasteiger partial charge in [0, 0.05) is 22.7 Å². The molecule has 0 fully saturated rings. The van der Waals surface area contributed by atoms with Gasteiger partial charge in [-0.05, 0) is 38.1 Å². The Balaban J connectivity index is 1.79. The van der Waals surface area contributed by atoms with Gasteiger partial charge in [0.1, 0.15) is 0 Å². The number of carbonyl (C=O) groups is 1. The lowest BCUT2D eigenvalue weighted by molar-refractivity contribution is 0.0954. The van der Waals surface area contributed by atoms with Crippen molar-refractivity contribution in [2.24, 2.45) is 5.10 Å². The highest BCUT2D eigenvalue weighted by molar-refractivity contribution is 6.02. The zero-order chi connectivity index (χ0) is 16.2. The van der Waals surface area contributed by atoms with Crippen LogP contribution in [0, 0.1) is 6.92 Å². The third-order valence-corrected chi connectivity index (χ3v) is 3.61. The number of benzene rings is 2. The van der Waals surface area contributed by atoms with E-state index in [1.165, 1.54) is 0 Å². The van der Waals surface area contributed by atoms with E-state index in [9.17, 15) is 4.79 Å². The summed E-state index contributed by atoms with van der Waals surface area (Å²) in [5.74, 6) is -0.221. The minimum absolute atomic E-state index is 0.221. The fourth-order valence-electron chi connectivity index (χ4n) is 2.32. The molecule has 4 heteroatoms. The van der Waals surface area contributed by atoms with E-state index < -0.39 is 0 Å². The van der Waals surface area contributed by atoms with Gasteiger partial charge in [-0.15, -0.1) is 0 Å². The summed E-state index contributed by atoms with van der Waals surface area (Å²) in [6, 6.07) is 17.3. The maximum Gasteiger partial charge on any atom is 0.271 e. The van der Waals surface area contributed by atoms with Crippen LogP contribution in [0.2, 0.25) is 0 Å². The van der Waals surface area contributed by atoms with Crippen LogP contribution in [-0.4, -0.2) is 16.6 Å². The van der Waals surface area contributed by atoms with Gasteiger partial charge < -0.3 is 0 Å². The first kappa shape index (κ1) is 14.9. The van der Waals surface area contributed by atoms with Crippen LogP contribution >= 0.6 is 0 Å². The molecule has 0 aliphatic heterocycles. The third kappa shape index (κ3) is 3.43. The molecule has 0 atom stereocenters. The number of rotatable bonds is 3. The van der Waals surface area contributed by atoms with E-state index in [1.54, 1.807) is 12.3 Å². The van der Waals surface area contributed by atoms with Gasteiger partial charge in [0.2, 0.25) is 0 Å². The number of hydrogen-bond donors (Lipinski definition) is 1. The molecule has 0 aliphatic rings. The molecule has 1 heterocycles. The lowest BCUT2D eigenvalue weighted by atomic mass is 10.1. The van der Waals surface area contributed by atoms with E-state index in [0.29, 0.717) is 11.3 Å². The summed E-state index contributed by atoms with van der Waals surface area (Å²) in [4.78, 5) is 16.5. The van der Waals surface area contributed by atoms with E-state index >= 15 is 0 Å². The number of pyridine rings is 1. The Morgan fingerprint density at radius 3 is 2.70 bits per heavy atom. The van der Waals surface area contributed by atoms with Crippen molar-refractivity contribution in [2.45, 2.75) is 13.8 Å². The average Bonchev–Trinajstić information content (AvgIpc) is 2.59. The van der Waals surface area contributed by atoms with Crippen molar-refractivity contribution in [3.05, 3.63) is 77.5 Å². The van der Waals surface area contributed by atoms with Crippen LogP contribution in [0.5, 0.6) is 0 Å². The number of nitrogens with zero attached hydrogens (tertiary/aromatic N) is 2. The van der Waals surface area contributed by atoms with Crippen molar-refractivity contribution in [1.29, 1.82) is 0 Å². The smallest absolute Gasteiger partial charge is 0.267 e. The average molecular weight is 303 g/mol. The lowest BCUT2D eigenvalue weighted by Gasteiger charge is -2.05. The molecule has 23 heavy (non-hydrogen) atoms. The summed E-state index contributed by atoms with van der Waals surface area (Å²) >= 11 is 0. The number of amides is 1. The zero-order valence-electron chi connectivity index (χ0n) is 13.1. The van der Waals surface area contributed by atoms with Crippen molar-refractivity contribution < 1.29 is 4.79 Å². The Morgan fingerprint density at radius 1 is 1.04 bits per heavy atom. The van der Waals surface area contributed by atoms with Crippen LogP contribution in [0.4, 0.5) is 0 Å². The summed E-state index contributed by atoms with van der Waals surface area (Å²) in [6.07, 6.45) is 1.76. The molecule has 1 N–H and O–H groups in total. The first-order chi connectivity index (χ1) is 11.1. The minimum atomic E-state index is -0.221. The van der Waals surface area contributed by atoms with Gasteiger partial charge in [-0.3, -0.25) is 9.78 Å². The molecule has 2 aromatic carbocycles. The van der Waals surface area contributed by atoms with Gasteiger partial charge in [-0.2, -0.15) is 5.10 Å². The van der Waals surface area contributed by atoms with Crippen molar-refractivity contribution in [3.63, 3.8) is 0 Å². The number of fused-ring (bicyclic) bond motifs is 1. The second kappa shape index (κ2) is 6.40. The third-order valence-electron chi connectivity index (χ3n) is 3.61. The summed E-state index contributed by atoms with van der Waals surface area (Å²) in [7, 11) is 0. The molecule has 3 aromatic rings. The number of aromatic nitrogens is 1. The lowest BCUT2D eigenvalue weighted by Crippen LogP contribution is -2.19. The molecular formula is C19H17N3O. The largest absolute Gasteiger partial charge is 0.271 e. The monoisotopic (exact) mass is 303 g/mol. The molecule has 0 radical (unpaired) electrons. The topological polar surface area (TPSA) is 54.4 Å². The molecule has 0 unspecified atom stereocenters. The second-order valence-corrected chi connectivity index (χ2v) is 5.42. The second-order valence-electron chi connectivity index (χ2n) is 5.42. The molecular weight excluding hydrogens is 286 g/mol. The van der Waals surface area contributed by atoms with Crippen LogP contribution in [0.1, 0.15) is 28.4 Å². The molecule has 1 amide bonds. The number of carbonyl (C=O) groups excluding carboxylic acids is 1. The molecule has 114 valence electrons. The number of hydrazone groups is 1. The Morgan fingerprint density at radius 2 is 1.87 bits per heavy atom. The SMILES string of the molecule is C/C(=N\NC(=O)c1cccc(C)c1)c1cnc2ccccc2c1. The fraction of sp³-hybridized carbons (Fsp3) is 0.105. The molecule has 0 bridgehead atoms. The minimum Gasteiger partial charge on any atom is -0.267 e. The molecule has 0 saturated carbocycles. The van der Waals surface area contributed by atoms with Crippen LogP contribution in [0.3, 0.4) is 0 Å². The fourth-order valence-corrected chi connectivity index (χ4v) is 2.32. The normalized spacial score (nSPS) is 11.5. The number of para-hydroxylation sites is 1. The molecule has 0 aliphatic carbocycles. The highest BCUT2D eigenvalue weighted by Crippen LogP contribution is 2.13. The first-order valence-corrected chi connectivity index (χ1v) is 7.40. The summed E-state index contributed by atoms with van der Waals surface area (Å²) in [6.45, 7) is 3.80. The molecule has 4 nitrogen and oxygen atoms in total. The van der Waals surface area contributed by atoms with E-state index in [2.05, 4.69) is 15.5 Å². The maximum atomic E-state index is 12.1. The quantitative estimate of drug-likeness (QED) is 0.592. The first-order valence-electron chi connectivity index (χ1n) is 7.40. The Kier molecular flexibility index (Phi) is 4.15. The van der Waals surface area contributed by atoms with Gasteiger partial charge in [-0.25, -0.2) is 5.43 Å². The van der Waals surface area contributed by atoms with Crippen LogP contribution in [-0.2, 0) is 0 Å². The van der Waals surface area contributed by atoms with Gasteiger partial charge in [-0.1, -0.05) is 35.9 Å². The number of hydrogen-bond acceptors (Lipinski definition) is 3. The van der Waals surface area contributed by atoms with Crippen LogP contribution in [0.25, 0.3) is 10.9 Å². The summed E-state index contributed by atoms with van der Waals surface area (Å²) in [5, 5.41) is 5.23. The Hall–Kier alpha value is -3.01. The Bertz CT molecular complexity index is 900. The maximum absolute atomic E-state index is 12.1. The predicted octanol–water partition coefficient (Wildman–Crippen LogP) is 3.70. The van der Waals surface area contributed by atoms with Gasteiger partial charge >= 0.3 is 0 Å². The van der Waals surface area contributed by atoms with Crippen molar-refractivity contribution in [1.82, 2.24) is 10.4 Å². The van der Waals surface area contributed by atoms with Crippen LogP contribution in [0.15, 0.2) is 65.9 Å². The van der Waals surface area contributed by atoms with E-state index in [4.69, 9.17) is 0 Å². The van der Waals surface area contributed by atoms with E-state index in [-0.39, 0.29) is 5.91 Å². The van der Waals surface area contributed by atoms with Crippen molar-refractivity contribution >= 4 is 22.5 Å². The molecule has 0 saturated heterocycles. The highest BCUT2D eigenvalue weighted by Gasteiger charge is 2.05. The van der Waals surface area contributed by atoms with Crippen molar-refractivity contribution in [3.8, 4) is 0 Å². The van der Waals surface area contributed by atoms with E-state index in [0.717, 1.165) is 22.0 Å². The highest BCUT2D eigenvalue weighted by atomic mass is 16.2. The summed E-state index contributed by atoms with van der Waals surface area (Å²) < 4.78 is 0. The zero-order valence-corrected chi connectivity index (χ0v) is 13.1. The van der Waals surface area contributed by atoms with Gasteiger partial charge in [0.25, 0.3) is 5.91 Å². The van der Waals surface area contributed by atoms with Crippen molar-refractivity contribution in [2.75, 3.05) is 0 Å².